The van der Waals surface area contributed by atoms with Gasteiger partial charge in [-0.3, -0.25) is 0 Å². The Labute approximate surface area is 111 Å². The van der Waals surface area contributed by atoms with E-state index in [1.165, 1.54) is 23.7 Å². The van der Waals surface area contributed by atoms with Gasteiger partial charge < -0.3 is 15.3 Å². The summed E-state index contributed by atoms with van der Waals surface area (Å²) in [6.45, 7) is 1.98. The van der Waals surface area contributed by atoms with Crippen molar-refractivity contribution in [1.29, 1.82) is 5.26 Å². The summed E-state index contributed by atoms with van der Waals surface area (Å²) in [7, 11) is 1.54. The molecule has 0 aliphatic carbocycles. The fourth-order valence-corrected chi connectivity index (χ4v) is 1.76. The van der Waals surface area contributed by atoms with Crippen LogP contribution in [0.3, 0.4) is 0 Å². The number of carboxylic acid groups (broad SMARTS) is 1. The summed E-state index contributed by atoms with van der Waals surface area (Å²) in [4.78, 5) is 24.0. The molecule has 0 heterocycles. The van der Waals surface area contributed by atoms with Crippen LogP contribution in [0.2, 0.25) is 0 Å². The molecule has 6 nitrogen and oxygen atoms in total. The fourth-order valence-electron chi connectivity index (χ4n) is 1.29. The molecule has 0 rings (SSSR count). The Morgan fingerprint density at radius 2 is 2.17 bits per heavy atom. The molecule has 0 aliphatic rings. The number of nitrogens with zero attached hydrogens (tertiary/aromatic N) is 2. The van der Waals surface area contributed by atoms with E-state index < -0.39 is 18.0 Å². The van der Waals surface area contributed by atoms with Crippen LogP contribution in [0.25, 0.3) is 0 Å². The zero-order chi connectivity index (χ0) is 14.1. The molecule has 102 valence electrons. The van der Waals surface area contributed by atoms with Gasteiger partial charge in [-0.2, -0.15) is 17.0 Å². The van der Waals surface area contributed by atoms with E-state index in [2.05, 4.69) is 5.32 Å². The Kier molecular flexibility index (Phi) is 7.96. The predicted octanol–water partition coefficient (Wildman–Crippen LogP) is 0.994. The van der Waals surface area contributed by atoms with E-state index in [0.29, 0.717) is 12.2 Å². The summed E-state index contributed by atoms with van der Waals surface area (Å²) >= 11 is 1.53. The standard InChI is InChI=1S/C11H19N3O3S/c1-8(6-12)7-14(2)11(17)13-9(10(15)16)4-5-18-3/h8-9H,4-5,7H2,1-3H3,(H,13,17)(H,15,16)/t8?,9-/m0/s1. The SMILES string of the molecule is CSCC[C@H](NC(=O)N(C)CC(C)C#N)C(=O)O. The molecule has 2 N–H and O–H groups in total. The number of hydrogen-bond donors (Lipinski definition) is 2. The summed E-state index contributed by atoms with van der Waals surface area (Å²) in [5.41, 5.74) is 0. The maximum atomic E-state index is 11.7. The minimum atomic E-state index is -1.04. The lowest BCUT2D eigenvalue weighted by Gasteiger charge is -2.22. The van der Waals surface area contributed by atoms with Crippen LogP contribution in [0, 0.1) is 17.2 Å². The number of carbonyl (C=O) groups is 2. The number of urea groups is 1. The van der Waals surface area contributed by atoms with Crippen molar-refractivity contribution in [2.24, 2.45) is 5.92 Å². The van der Waals surface area contributed by atoms with Crippen LogP contribution >= 0.6 is 11.8 Å². The largest absolute Gasteiger partial charge is 0.480 e. The highest BCUT2D eigenvalue weighted by atomic mass is 32.2. The van der Waals surface area contributed by atoms with Gasteiger partial charge in [0, 0.05) is 13.6 Å². The third-order valence-electron chi connectivity index (χ3n) is 2.32. The minimum Gasteiger partial charge on any atom is -0.480 e. The molecule has 0 aliphatic heterocycles. The zero-order valence-corrected chi connectivity index (χ0v) is 11.7. The van der Waals surface area contributed by atoms with E-state index in [-0.39, 0.29) is 12.5 Å². The van der Waals surface area contributed by atoms with Crippen LogP contribution < -0.4 is 5.32 Å². The van der Waals surface area contributed by atoms with Gasteiger partial charge in [-0.15, -0.1) is 0 Å². The van der Waals surface area contributed by atoms with Crippen molar-refractivity contribution in [3.8, 4) is 6.07 Å². The van der Waals surface area contributed by atoms with Gasteiger partial charge in [-0.1, -0.05) is 0 Å². The first kappa shape index (κ1) is 16.6. The second kappa shape index (κ2) is 8.64. The first-order chi connectivity index (χ1) is 8.42. The Morgan fingerprint density at radius 3 is 2.61 bits per heavy atom. The molecule has 2 atom stereocenters. The average Bonchev–Trinajstić information content (AvgIpc) is 2.33. The molecular formula is C11H19N3O3S. The van der Waals surface area contributed by atoms with Crippen molar-refractivity contribution >= 4 is 23.8 Å². The second-order valence-electron chi connectivity index (χ2n) is 4.03. The van der Waals surface area contributed by atoms with Crippen LogP contribution in [-0.2, 0) is 4.79 Å². The molecule has 0 aromatic heterocycles. The molecule has 1 unspecified atom stereocenters. The summed E-state index contributed by atoms with van der Waals surface area (Å²) in [5.74, 6) is -0.662. The third kappa shape index (κ3) is 6.35. The Bertz CT molecular complexity index is 330. The predicted molar refractivity (Wildman–Crippen MR) is 70.4 cm³/mol. The molecule has 0 saturated carbocycles. The fraction of sp³-hybridized carbons (Fsp3) is 0.727. The molecule has 2 amide bonds. The number of nitrogens with one attached hydrogen (secondary N) is 1. The quantitative estimate of drug-likeness (QED) is 0.721. The van der Waals surface area contributed by atoms with Crippen LogP contribution in [0.1, 0.15) is 13.3 Å². The van der Waals surface area contributed by atoms with Gasteiger partial charge in [0.1, 0.15) is 6.04 Å². The molecule has 0 saturated heterocycles. The Balaban J connectivity index is 4.32. The van der Waals surface area contributed by atoms with Crippen molar-refractivity contribution in [1.82, 2.24) is 10.2 Å². The Morgan fingerprint density at radius 1 is 1.56 bits per heavy atom. The van der Waals surface area contributed by atoms with Crippen molar-refractivity contribution in [3.63, 3.8) is 0 Å². The molecule has 0 bridgehead atoms. The van der Waals surface area contributed by atoms with Crippen LogP contribution in [0.4, 0.5) is 4.79 Å². The van der Waals surface area contributed by atoms with E-state index in [4.69, 9.17) is 10.4 Å². The summed E-state index contributed by atoms with van der Waals surface area (Å²) in [6, 6.07) is 0.668. The van der Waals surface area contributed by atoms with E-state index in [0.717, 1.165) is 0 Å². The second-order valence-corrected chi connectivity index (χ2v) is 5.02. The lowest BCUT2D eigenvalue weighted by atomic mass is 10.2. The van der Waals surface area contributed by atoms with E-state index in [9.17, 15) is 9.59 Å². The number of carboxylic acids is 1. The number of amides is 2. The van der Waals surface area contributed by atoms with Crippen molar-refractivity contribution in [2.45, 2.75) is 19.4 Å². The lowest BCUT2D eigenvalue weighted by molar-refractivity contribution is -0.139. The van der Waals surface area contributed by atoms with Gasteiger partial charge in [-0.05, 0) is 25.4 Å². The van der Waals surface area contributed by atoms with Gasteiger partial charge in [0.2, 0.25) is 0 Å². The van der Waals surface area contributed by atoms with E-state index in [1.54, 1.807) is 6.92 Å². The Hall–Kier alpha value is -1.42. The zero-order valence-electron chi connectivity index (χ0n) is 10.8. The van der Waals surface area contributed by atoms with Crippen molar-refractivity contribution < 1.29 is 14.7 Å². The van der Waals surface area contributed by atoms with Crippen molar-refractivity contribution in [2.75, 3.05) is 25.6 Å². The first-order valence-electron chi connectivity index (χ1n) is 5.55. The molecule has 0 aromatic rings. The average molecular weight is 273 g/mol. The number of carbonyl (C=O) groups excluding carboxylic acids is 1. The lowest BCUT2D eigenvalue weighted by Crippen LogP contribution is -2.47. The van der Waals surface area contributed by atoms with E-state index in [1.807, 2.05) is 12.3 Å². The molecule has 0 aromatic carbocycles. The normalized spacial score (nSPS) is 13.2. The summed E-state index contributed by atoms with van der Waals surface area (Å²) in [6.07, 6.45) is 2.26. The highest BCUT2D eigenvalue weighted by molar-refractivity contribution is 7.98. The maximum absolute atomic E-state index is 11.7. The van der Waals surface area contributed by atoms with Gasteiger partial charge in [0.05, 0.1) is 12.0 Å². The minimum absolute atomic E-state index is 0.275. The number of thioether (sulfide) groups is 1. The monoisotopic (exact) mass is 273 g/mol. The van der Waals surface area contributed by atoms with Gasteiger partial charge in [-0.25, -0.2) is 9.59 Å². The molecule has 0 fully saturated rings. The third-order valence-corrected chi connectivity index (χ3v) is 2.97. The maximum Gasteiger partial charge on any atom is 0.326 e. The number of nitriles is 1. The first-order valence-corrected chi connectivity index (χ1v) is 6.94. The molecule has 7 heteroatoms. The van der Waals surface area contributed by atoms with Crippen LogP contribution in [0.15, 0.2) is 0 Å². The van der Waals surface area contributed by atoms with Gasteiger partial charge >= 0.3 is 12.0 Å². The highest BCUT2D eigenvalue weighted by Crippen LogP contribution is 2.03. The number of aliphatic carboxylic acids is 1. The topological polar surface area (TPSA) is 93.4 Å². The highest BCUT2D eigenvalue weighted by Gasteiger charge is 2.21. The molecule has 0 radical (unpaired) electrons. The summed E-state index contributed by atoms with van der Waals surface area (Å²) in [5, 5.41) is 20.1. The van der Waals surface area contributed by atoms with Crippen LogP contribution in [0.5, 0.6) is 0 Å². The summed E-state index contributed by atoms with van der Waals surface area (Å²) < 4.78 is 0. The van der Waals surface area contributed by atoms with Crippen molar-refractivity contribution in [3.05, 3.63) is 0 Å². The number of rotatable bonds is 7. The van der Waals surface area contributed by atoms with Crippen LogP contribution in [-0.4, -0.2) is 53.6 Å². The van der Waals surface area contributed by atoms with Gasteiger partial charge in [0.25, 0.3) is 0 Å². The molecular weight excluding hydrogens is 254 g/mol. The molecule has 0 spiro atoms. The smallest absolute Gasteiger partial charge is 0.326 e. The van der Waals surface area contributed by atoms with E-state index >= 15 is 0 Å². The molecule has 18 heavy (non-hydrogen) atoms. The van der Waals surface area contributed by atoms with Gasteiger partial charge in [0.15, 0.2) is 0 Å². The number of hydrogen-bond acceptors (Lipinski definition) is 4.